The number of nitrogens with zero attached hydrogens (tertiary/aromatic N) is 1. The Balaban J connectivity index is 1.23. The van der Waals surface area contributed by atoms with E-state index in [1.54, 1.807) is 55.1 Å². The minimum atomic E-state index is -2.47. The van der Waals surface area contributed by atoms with Gasteiger partial charge >= 0.3 is 11.9 Å². The first kappa shape index (κ1) is 66.2. The molecule has 15 unspecified atom stereocenters. The van der Waals surface area contributed by atoms with E-state index >= 15 is 0 Å². The van der Waals surface area contributed by atoms with Crippen molar-refractivity contribution in [2.24, 2.45) is 40.9 Å². The first-order valence-corrected chi connectivity index (χ1v) is 29.5. The van der Waals surface area contributed by atoms with Gasteiger partial charge in [-0.2, -0.15) is 0 Å². The summed E-state index contributed by atoms with van der Waals surface area (Å²) in [5.41, 5.74) is 0.952. The van der Waals surface area contributed by atoms with Crippen LogP contribution in [0.1, 0.15) is 144 Å². The number of hydrogen-bond acceptors (Lipinski definition) is 17. The van der Waals surface area contributed by atoms with Gasteiger partial charge in [0.25, 0.3) is 11.7 Å². The zero-order valence-corrected chi connectivity index (χ0v) is 50.5. The van der Waals surface area contributed by atoms with Crippen LogP contribution in [-0.2, 0) is 66.7 Å². The predicted octanol–water partition coefficient (Wildman–Crippen LogP) is 8.49. The number of rotatable bonds is 10. The second kappa shape index (κ2) is 30.2. The Morgan fingerprint density at radius 1 is 0.817 bits per heavy atom. The number of carbonyl (C=O) groups excluding carboxylic acids is 6. The van der Waals surface area contributed by atoms with Gasteiger partial charge in [0, 0.05) is 64.0 Å². The number of esters is 2. The fourth-order valence-electron chi connectivity index (χ4n) is 12.2. The fourth-order valence-corrected chi connectivity index (χ4v) is 12.2. The fraction of sp³-hybridized carbons (Fsp3) is 0.688. The maximum Gasteiger partial charge on any atom is 0.329 e. The number of amides is 1. The Bertz CT molecular complexity index is 2460. The molecule has 4 aliphatic heterocycles. The molecule has 82 heavy (non-hydrogen) atoms. The van der Waals surface area contributed by atoms with Crippen LogP contribution in [0.5, 0.6) is 5.75 Å². The highest BCUT2D eigenvalue weighted by Gasteiger charge is 2.53. The van der Waals surface area contributed by atoms with E-state index in [9.17, 15) is 39.0 Å². The number of hydrogen-bond donors (Lipinski definition) is 2. The highest BCUT2D eigenvalue weighted by Crippen LogP contribution is 2.40. The molecular formula is C64H93NO17. The Labute approximate surface area is 485 Å². The number of aliphatic hydroxyl groups excluding tert-OH is 1. The third-order valence-electron chi connectivity index (χ3n) is 17.7. The number of piperidine rings is 1. The van der Waals surface area contributed by atoms with Crippen LogP contribution in [0.25, 0.3) is 0 Å². The molecule has 1 aliphatic carbocycles. The normalized spacial score (nSPS) is 38.2. The van der Waals surface area contributed by atoms with Crippen molar-refractivity contribution in [2.75, 3.05) is 48.2 Å². The Hall–Kier alpha value is -4.92. The van der Waals surface area contributed by atoms with Crippen molar-refractivity contribution in [3.63, 3.8) is 0 Å². The highest BCUT2D eigenvalue weighted by molar-refractivity contribution is 6.39. The van der Waals surface area contributed by atoms with Crippen LogP contribution in [0.2, 0.25) is 0 Å². The number of methoxy groups -OCH3 is 4. The molecule has 2 bridgehead atoms. The van der Waals surface area contributed by atoms with E-state index in [2.05, 4.69) is 0 Å². The third kappa shape index (κ3) is 16.7. The van der Waals surface area contributed by atoms with E-state index in [-0.39, 0.29) is 56.0 Å². The molecular weight excluding hydrogens is 1050 g/mol. The van der Waals surface area contributed by atoms with Crippen LogP contribution in [-0.4, -0.2) is 153 Å². The lowest BCUT2D eigenvalue weighted by molar-refractivity contribution is -0.265. The summed E-state index contributed by atoms with van der Waals surface area (Å²) in [5, 5.41) is 23.7. The van der Waals surface area contributed by atoms with E-state index in [4.69, 9.17) is 42.6 Å². The van der Waals surface area contributed by atoms with Crippen molar-refractivity contribution >= 4 is 35.2 Å². The van der Waals surface area contributed by atoms with Crippen molar-refractivity contribution in [3.05, 3.63) is 77.4 Å². The zero-order valence-electron chi connectivity index (χ0n) is 50.5. The van der Waals surface area contributed by atoms with Crippen LogP contribution < -0.4 is 4.74 Å². The number of ether oxygens (including phenoxy) is 9. The van der Waals surface area contributed by atoms with E-state index in [1.807, 2.05) is 82.3 Å². The van der Waals surface area contributed by atoms with E-state index < -0.39 is 114 Å². The molecule has 18 heteroatoms. The largest absolute Gasteiger partial charge is 0.497 e. The quantitative estimate of drug-likeness (QED) is 0.127. The summed E-state index contributed by atoms with van der Waals surface area (Å²) in [6, 6.07) is 6.13. The second-order valence-electron chi connectivity index (χ2n) is 24.3. The summed E-state index contributed by atoms with van der Waals surface area (Å²) < 4.78 is 53.5. The number of cyclic esters (lactones) is 1. The Morgan fingerprint density at radius 2 is 1.52 bits per heavy atom. The average molecular weight is 1150 g/mol. The van der Waals surface area contributed by atoms with Crippen molar-refractivity contribution in [3.8, 4) is 5.75 Å². The standard InChI is InChI=1S/C64H93NO17/c1-38-18-14-13-15-19-39(2)52(75-10)34-48-25-21-44(7)64(73,82-48)58(69)59(70)65-29-17-16-20-49(65)60(71)80-53(35-50(66)40(3)31-43(6)56(68)57(77-12)55(67)42(5)30-38)41(4)32-45-22-28-51(54(33-45)76-11)81-62(72)63(8)36-78-61(79-37-63)46-23-26-47(74-9)27-24-46/h13-15,18-19,23-24,26-27,31,38,40-42,44-45,48-49,51-54,56-57,61,68,73H,16-17,20-22,25,28-30,32-37H2,1-12H3/b15-13+,18-14+,39-19+,43-31+. The van der Waals surface area contributed by atoms with Crippen LogP contribution >= 0.6 is 0 Å². The molecule has 1 aromatic carbocycles. The monoisotopic (exact) mass is 1150 g/mol. The molecule has 1 saturated carbocycles. The van der Waals surface area contributed by atoms with Gasteiger partial charge in [-0.1, -0.05) is 83.2 Å². The number of Topliss-reactive ketones (excluding diaryl/α,β-unsaturated/α-hetero) is 3. The molecule has 6 rings (SSSR count). The SMILES string of the molecule is COc1ccc(C2OCC(C)(C(=O)OC3CCC(CC(C)C4CC(=O)C(C)/C=C(\C)C(O)C(OC)C(=O)C(C)CC(C)/C=C/C=C/C=C(\C)C(OC)CC5CCC(C)C(O)(O5)C(=O)C(=O)N5CCCCC5C(=O)O4)CC3OC)CO2)cc1. The van der Waals surface area contributed by atoms with Gasteiger partial charge in [0.2, 0.25) is 5.79 Å². The number of carbonyl (C=O) groups is 6. The minimum absolute atomic E-state index is 0.00559. The summed E-state index contributed by atoms with van der Waals surface area (Å²) in [4.78, 5) is 86.9. The molecule has 4 fully saturated rings. The third-order valence-corrected chi connectivity index (χ3v) is 17.7. The van der Waals surface area contributed by atoms with E-state index in [0.717, 1.165) is 11.1 Å². The zero-order chi connectivity index (χ0) is 60.1. The maximum absolute atomic E-state index is 14.7. The molecule has 0 spiro atoms. The number of benzene rings is 1. The van der Waals surface area contributed by atoms with Crippen molar-refractivity contribution in [1.82, 2.24) is 4.90 Å². The molecule has 4 heterocycles. The predicted molar refractivity (Wildman–Crippen MR) is 305 cm³/mol. The molecule has 5 aliphatic rings. The first-order valence-electron chi connectivity index (χ1n) is 29.5. The van der Waals surface area contributed by atoms with E-state index in [0.29, 0.717) is 75.5 Å². The Morgan fingerprint density at radius 3 is 2.18 bits per heavy atom. The van der Waals surface area contributed by atoms with Gasteiger partial charge in [-0.15, -0.1) is 0 Å². The lowest BCUT2D eigenvalue weighted by atomic mass is 9.78. The molecule has 18 nitrogen and oxygen atoms in total. The maximum atomic E-state index is 14.7. The van der Waals surface area contributed by atoms with Crippen molar-refractivity contribution in [2.45, 2.75) is 193 Å². The van der Waals surface area contributed by atoms with Gasteiger partial charge in [0.05, 0.1) is 38.6 Å². The summed E-state index contributed by atoms with van der Waals surface area (Å²) in [7, 11) is 6.10. The average Bonchev–Trinajstić information content (AvgIpc) is 3.53. The number of fused-ring (bicyclic) bond motifs is 3. The van der Waals surface area contributed by atoms with Gasteiger partial charge in [-0.05, 0) is 126 Å². The van der Waals surface area contributed by atoms with Gasteiger partial charge in [-0.3, -0.25) is 24.0 Å². The Kier molecular flexibility index (Phi) is 24.4. The highest BCUT2D eigenvalue weighted by atomic mass is 16.7. The molecule has 2 N–H and O–H groups in total. The molecule has 0 aromatic heterocycles. The van der Waals surface area contributed by atoms with Crippen LogP contribution in [0.4, 0.5) is 0 Å². The van der Waals surface area contributed by atoms with Crippen LogP contribution in [0.3, 0.4) is 0 Å². The second-order valence-corrected chi connectivity index (χ2v) is 24.3. The van der Waals surface area contributed by atoms with Gasteiger partial charge in [0.15, 0.2) is 12.1 Å². The van der Waals surface area contributed by atoms with Crippen molar-refractivity contribution < 1.29 is 81.6 Å². The number of allylic oxidation sites excluding steroid dienone is 6. The molecule has 456 valence electrons. The lowest BCUT2D eigenvalue weighted by Gasteiger charge is -2.42. The van der Waals surface area contributed by atoms with Gasteiger partial charge < -0.3 is 57.7 Å². The van der Waals surface area contributed by atoms with Crippen LogP contribution in [0.15, 0.2) is 71.9 Å². The minimum Gasteiger partial charge on any atom is -0.497 e. The molecule has 1 amide bonds. The first-order chi connectivity index (χ1) is 39.0. The summed E-state index contributed by atoms with van der Waals surface area (Å²) in [6.45, 7) is 14.6. The van der Waals surface area contributed by atoms with E-state index in [1.165, 1.54) is 12.0 Å². The topological polar surface area (TPSA) is 229 Å². The molecule has 3 saturated heterocycles. The van der Waals surface area contributed by atoms with Crippen LogP contribution in [0, 0.1) is 40.9 Å². The summed E-state index contributed by atoms with van der Waals surface area (Å²) in [5.74, 6) is -8.27. The summed E-state index contributed by atoms with van der Waals surface area (Å²) in [6.07, 6.45) is 9.58. The smallest absolute Gasteiger partial charge is 0.329 e. The molecule has 15 atom stereocenters. The molecule has 0 radical (unpaired) electrons. The number of aliphatic hydroxyl groups is 2. The van der Waals surface area contributed by atoms with Gasteiger partial charge in [0.1, 0.15) is 47.4 Å². The molecule has 1 aromatic rings. The number of ketones is 3. The summed E-state index contributed by atoms with van der Waals surface area (Å²) >= 11 is 0. The van der Waals surface area contributed by atoms with Crippen molar-refractivity contribution in [1.29, 1.82) is 0 Å². The van der Waals surface area contributed by atoms with Gasteiger partial charge in [-0.25, -0.2) is 4.79 Å². The lowest BCUT2D eigenvalue weighted by Crippen LogP contribution is -2.61.